The van der Waals surface area contributed by atoms with Crippen LogP contribution in [0.25, 0.3) is 5.65 Å². The highest BCUT2D eigenvalue weighted by Gasteiger charge is 2.15. The molecule has 2 aromatic rings. The van der Waals surface area contributed by atoms with Crippen molar-refractivity contribution in [3.05, 3.63) is 33.4 Å². The third kappa shape index (κ3) is 1.31. The van der Waals surface area contributed by atoms with Gasteiger partial charge in [-0.2, -0.15) is 10.4 Å². The third-order valence-corrected chi connectivity index (χ3v) is 2.65. The molecule has 0 radical (unpaired) electrons. The van der Waals surface area contributed by atoms with E-state index in [0.717, 1.165) is 5.69 Å². The molecule has 82 valence electrons. The van der Waals surface area contributed by atoms with Crippen LogP contribution in [0.3, 0.4) is 0 Å². The Balaban J connectivity index is 2.92. The Morgan fingerprint density at radius 2 is 2.25 bits per heavy atom. The minimum atomic E-state index is -0.142. The van der Waals surface area contributed by atoms with Crippen molar-refractivity contribution in [3.63, 3.8) is 0 Å². The maximum absolute atomic E-state index is 11.9. The van der Waals surface area contributed by atoms with Crippen LogP contribution in [-0.4, -0.2) is 14.6 Å². The summed E-state index contributed by atoms with van der Waals surface area (Å²) < 4.78 is 1.61. The van der Waals surface area contributed by atoms with E-state index in [-0.39, 0.29) is 11.5 Å². The van der Waals surface area contributed by atoms with Gasteiger partial charge in [-0.25, -0.2) is 4.52 Å². The molecular formula is C11H12N4O. The molecule has 2 rings (SSSR count). The third-order valence-electron chi connectivity index (χ3n) is 2.65. The molecule has 0 saturated heterocycles. The molecule has 0 aliphatic rings. The molecule has 0 fully saturated rings. The summed E-state index contributed by atoms with van der Waals surface area (Å²) >= 11 is 0. The fourth-order valence-corrected chi connectivity index (χ4v) is 1.94. The lowest BCUT2D eigenvalue weighted by atomic mass is 10.0. The summed E-state index contributed by atoms with van der Waals surface area (Å²) in [6, 6.07) is 2.00. The van der Waals surface area contributed by atoms with Crippen molar-refractivity contribution in [2.24, 2.45) is 0 Å². The molecule has 5 heteroatoms. The molecule has 0 aromatic carbocycles. The van der Waals surface area contributed by atoms with Crippen LogP contribution in [0.5, 0.6) is 0 Å². The fraction of sp³-hybridized carbons (Fsp3) is 0.364. The second-order valence-electron chi connectivity index (χ2n) is 4.04. The summed E-state index contributed by atoms with van der Waals surface area (Å²) in [5.41, 5.74) is 2.21. The van der Waals surface area contributed by atoms with Crippen molar-refractivity contribution in [2.45, 2.75) is 26.7 Å². The van der Waals surface area contributed by atoms with Crippen molar-refractivity contribution in [3.8, 4) is 6.07 Å². The van der Waals surface area contributed by atoms with Crippen LogP contribution in [0, 0.1) is 18.3 Å². The van der Waals surface area contributed by atoms with Crippen LogP contribution in [-0.2, 0) is 0 Å². The van der Waals surface area contributed by atoms with E-state index in [1.165, 1.54) is 6.20 Å². The summed E-state index contributed by atoms with van der Waals surface area (Å²) in [7, 11) is 0. The van der Waals surface area contributed by atoms with E-state index in [9.17, 15) is 4.79 Å². The maximum Gasteiger partial charge on any atom is 0.254 e. The number of nitrogens with zero attached hydrogens (tertiary/aromatic N) is 3. The van der Waals surface area contributed by atoms with Gasteiger partial charge in [-0.05, 0) is 12.8 Å². The lowest BCUT2D eigenvalue weighted by Gasteiger charge is -2.09. The highest BCUT2D eigenvalue weighted by Crippen LogP contribution is 2.16. The lowest BCUT2D eigenvalue weighted by Crippen LogP contribution is -2.19. The van der Waals surface area contributed by atoms with Gasteiger partial charge < -0.3 is 4.98 Å². The number of nitriles is 1. The Morgan fingerprint density at radius 3 is 2.81 bits per heavy atom. The molecule has 5 nitrogen and oxygen atoms in total. The number of aromatic nitrogens is 3. The summed E-state index contributed by atoms with van der Waals surface area (Å²) in [5, 5.41) is 13.0. The number of fused-ring (bicyclic) bond motifs is 1. The van der Waals surface area contributed by atoms with E-state index < -0.39 is 0 Å². The second-order valence-corrected chi connectivity index (χ2v) is 4.04. The van der Waals surface area contributed by atoms with Crippen LogP contribution in [0.2, 0.25) is 0 Å². The topological polar surface area (TPSA) is 73.9 Å². The standard InChI is InChI=1S/C11H12N4O/c1-6(2)9-7(3)15-10(14-11(9)16)8(4-12)5-13-15/h5-6H,1-3H3,(H,14,16). The zero-order valence-electron chi connectivity index (χ0n) is 9.40. The molecule has 1 N–H and O–H groups in total. The number of hydrogen-bond acceptors (Lipinski definition) is 3. The zero-order valence-corrected chi connectivity index (χ0v) is 9.40. The van der Waals surface area contributed by atoms with E-state index >= 15 is 0 Å². The van der Waals surface area contributed by atoms with E-state index in [1.807, 2.05) is 26.8 Å². The van der Waals surface area contributed by atoms with Gasteiger partial charge in [0.05, 0.1) is 11.9 Å². The molecule has 0 aliphatic heterocycles. The maximum atomic E-state index is 11.9. The van der Waals surface area contributed by atoms with Gasteiger partial charge >= 0.3 is 0 Å². The van der Waals surface area contributed by atoms with Gasteiger partial charge in [0.25, 0.3) is 5.56 Å². The Labute approximate surface area is 92.3 Å². The van der Waals surface area contributed by atoms with E-state index in [2.05, 4.69) is 10.1 Å². The molecule has 0 amide bonds. The molecule has 2 aromatic heterocycles. The number of aryl methyl sites for hydroxylation is 1. The minimum absolute atomic E-state index is 0.128. The molecule has 0 saturated carbocycles. The molecule has 0 unspecified atom stereocenters. The predicted octanol–water partition coefficient (Wildman–Crippen LogP) is 1.33. The van der Waals surface area contributed by atoms with Crippen LogP contribution in [0.4, 0.5) is 0 Å². The smallest absolute Gasteiger partial charge is 0.254 e. The van der Waals surface area contributed by atoms with Crippen molar-refractivity contribution in [2.75, 3.05) is 0 Å². The van der Waals surface area contributed by atoms with Crippen LogP contribution in [0.15, 0.2) is 11.0 Å². The lowest BCUT2D eigenvalue weighted by molar-refractivity contribution is 0.779. The first-order chi connectivity index (χ1) is 7.56. The highest BCUT2D eigenvalue weighted by atomic mass is 16.1. The number of aromatic amines is 1. The van der Waals surface area contributed by atoms with E-state index in [4.69, 9.17) is 5.26 Å². The minimum Gasteiger partial charge on any atom is -0.306 e. The Kier molecular flexibility index (Phi) is 2.27. The molecule has 0 spiro atoms. The van der Waals surface area contributed by atoms with Crippen LogP contribution >= 0.6 is 0 Å². The van der Waals surface area contributed by atoms with Crippen LogP contribution in [0.1, 0.15) is 36.6 Å². The van der Waals surface area contributed by atoms with Gasteiger partial charge in [-0.15, -0.1) is 0 Å². The normalized spacial score (nSPS) is 10.9. The molecule has 0 atom stereocenters. The van der Waals surface area contributed by atoms with Gasteiger partial charge in [0, 0.05) is 5.56 Å². The average molecular weight is 216 g/mol. The molecule has 2 heterocycles. The summed E-state index contributed by atoms with van der Waals surface area (Å²) in [4.78, 5) is 14.6. The summed E-state index contributed by atoms with van der Waals surface area (Å²) in [6.45, 7) is 5.75. The summed E-state index contributed by atoms with van der Waals surface area (Å²) in [5.74, 6) is 0.128. The first-order valence-electron chi connectivity index (χ1n) is 5.07. The molecule has 0 bridgehead atoms. The number of hydrogen-bond donors (Lipinski definition) is 1. The average Bonchev–Trinajstić information content (AvgIpc) is 2.60. The van der Waals surface area contributed by atoms with E-state index in [1.54, 1.807) is 4.52 Å². The molecular weight excluding hydrogens is 204 g/mol. The number of H-pyrrole nitrogens is 1. The van der Waals surface area contributed by atoms with Gasteiger partial charge in [-0.1, -0.05) is 13.8 Å². The number of rotatable bonds is 1. The second kappa shape index (κ2) is 3.49. The van der Waals surface area contributed by atoms with Crippen molar-refractivity contribution in [1.29, 1.82) is 5.26 Å². The molecule has 16 heavy (non-hydrogen) atoms. The summed E-state index contributed by atoms with van der Waals surface area (Å²) in [6.07, 6.45) is 1.46. The monoisotopic (exact) mass is 216 g/mol. The Bertz CT molecular complexity index is 642. The van der Waals surface area contributed by atoms with Gasteiger partial charge in [0.2, 0.25) is 0 Å². The van der Waals surface area contributed by atoms with Gasteiger partial charge in [-0.3, -0.25) is 4.79 Å². The van der Waals surface area contributed by atoms with Crippen molar-refractivity contribution < 1.29 is 0 Å². The van der Waals surface area contributed by atoms with Crippen molar-refractivity contribution in [1.82, 2.24) is 14.6 Å². The van der Waals surface area contributed by atoms with Crippen molar-refractivity contribution >= 4 is 5.65 Å². The van der Waals surface area contributed by atoms with Gasteiger partial charge in [0.1, 0.15) is 11.6 Å². The Hall–Kier alpha value is -2.09. The number of nitrogens with one attached hydrogen (secondary N) is 1. The van der Waals surface area contributed by atoms with E-state index in [0.29, 0.717) is 16.8 Å². The van der Waals surface area contributed by atoms with Gasteiger partial charge in [0.15, 0.2) is 5.65 Å². The highest BCUT2D eigenvalue weighted by molar-refractivity contribution is 5.54. The van der Waals surface area contributed by atoms with Crippen LogP contribution < -0.4 is 5.56 Å². The Morgan fingerprint density at radius 1 is 1.56 bits per heavy atom. The fourth-order valence-electron chi connectivity index (χ4n) is 1.94. The first kappa shape index (κ1) is 10.4. The first-order valence-corrected chi connectivity index (χ1v) is 5.07. The predicted molar refractivity (Wildman–Crippen MR) is 59.4 cm³/mol. The largest absolute Gasteiger partial charge is 0.306 e. The zero-order chi connectivity index (χ0) is 11.9. The quantitative estimate of drug-likeness (QED) is 0.781. The molecule has 0 aliphatic carbocycles. The SMILES string of the molecule is Cc1c(C(C)C)c(=O)[nH]c2c(C#N)cnn12.